The Morgan fingerprint density at radius 3 is 3.21 bits per heavy atom. The Hall–Kier alpha value is -1.84. The zero-order valence-electron chi connectivity index (χ0n) is 11.5. The number of carbonyl (C=O) groups is 1. The molecule has 14 heavy (non-hydrogen) atoms. The van der Waals surface area contributed by atoms with Gasteiger partial charge in [-0.15, -0.1) is 0 Å². The fourth-order valence-corrected chi connectivity index (χ4v) is 1.26. The summed E-state index contributed by atoms with van der Waals surface area (Å²) in [5, 5.41) is 9.08. The average Bonchev–Trinajstić information content (AvgIpc) is 2.65. The highest BCUT2D eigenvalue weighted by atomic mass is 16.4. The van der Waals surface area contributed by atoms with E-state index in [9.17, 15) is 4.79 Å². The molecule has 2 aromatic rings. The van der Waals surface area contributed by atoms with Gasteiger partial charge in [-0.25, -0.2) is 9.78 Å². The summed E-state index contributed by atoms with van der Waals surface area (Å²) in [6.07, 6.45) is -0.360. The van der Waals surface area contributed by atoms with Gasteiger partial charge in [-0.05, 0) is 31.5 Å². The Morgan fingerprint density at radius 1 is 1.79 bits per heavy atom. The summed E-state index contributed by atoms with van der Waals surface area (Å²) < 4.78 is 31.5. The molecule has 1 N–H and O–H groups in total. The molecule has 4 heteroatoms. The van der Waals surface area contributed by atoms with Crippen LogP contribution in [0.3, 0.4) is 0 Å². The van der Waals surface area contributed by atoms with Crippen molar-refractivity contribution in [3.63, 3.8) is 0 Å². The highest BCUT2D eigenvalue weighted by molar-refractivity contribution is 5.88. The summed E-state index contributed by atoms with van der Waals surface area (Å²) >= 11 is 0. The molecule has 2 aromatic heterocycles. The Bertz CT molecular complexity index is 666. The molecule has 4 nitrogen and oxygen atoms in total. The van der Waals surface area contributed by atoms with Crippen molar-refractivity contribution in [3.05, 3.63) is 35.2 Å². The van der Waals surface area contributed by atoms with Crippen LogP contribution in [0.4, 0.5) is 0 Å². The van der Waals surface area contributed by atoms with Crippen LogP contribution in [-0.2, 0) is 0 Å². The van der Waals surface area contributed by atoms with E-state index < -0.39 is 5.97 Å². The van der Waals surface area contributed by atoms with E-state index in [1.807, 2.05) is 0 Å². The number of fused-ring (bicyclic) bond motifs is 1. The second-order valence-electron chi connectivity index (χ2n) is 2.85. The van der Waals surface area contributed by atoms with Crippen LogP contribution in [-0.4, -0.2) is 20.5 Å². The molecule has 0 unspecified atom stereocenters. The third kappa shape index (κ3) is 1.16. The van der Waals surface area contributed by atoms with Crippen LogP contribution in [0.5, 0.6) is 0 Å². The van der Waals surface area contributed by atoms with Gasteiger partial charge in [0.2, 0.25) is 0 Å². The van der Waals surface area contributed by atoms with Crippen LogP contribution < -0.4 is 0 Å². The van der Waals surface area contributed by atoms with Crippen molar-refractivity contribution in [3.8, 4) is 0 Å². The minimum Gasteiger partial charge on any atom is -0.477 e. The molecule has 0 radical (unpaired) electrons. The maximum absolute atomic E-state index is 11.1. The van der Waals surface area contributed by atoms with Crippen LogP contribution in [0, 0.1) is 13.8 Å². The molecule has 0 spiro atoms. The van der Waals surface area contributed by atoms with Gasteiger partial charge in [-0.3, -0.25) is 4.40 Å². The van der Waals surface area contributed by atoms with Crippen LogP contribution in [0.15, 0.2) is 18.3 Å². The molecule has 0 amide bonds. The molecule has 0 aliphatic carbocycles. The monoisotopic (exact) mass is 194 g/mol. The molecule has 2 rings (SSSR count). The van der Waals surface area contributed by atoms with E-state index in [1.54, 1.807) is 0 Å². The lowest BCUT2D eigenvalue weighted by Gasteiger charge is -1.97. The number of rotatable bonds is 1. The van der Waals surface area contributed by atoms with E-state index in [0.717, 1.165) is 4.40 Å². The quantitative estimate of drug-likeness (QED) is 0.751. The summed E-state index contributed by atoms with van der Waals surface area (Å²) in [6.45, 7) is 1.16. The van der Waals surface area contributed by atoms with Gasteiger partial charge in [0.05, 0.1) is 9.81 Å². The van der Waals surface area contributed by atoms with E-state index >= 15 is 0 Å². The van der Waals surface area contributed by atoms with Gasteiger partial charge in [0.25, 0.3) is 0 Å². The number of imidazole rings is 1. The van der Waals surface area contributed by atoms with E-state index in [4.69, 9.17) is 10.6 Å². The molecule has 72 valence electrons. The van der Waals surface area contributed by atoms with Crippen LogP contribution in [0.1, 0.15) is 27.2 Å². The number of hydrogen-bond donors (Lipinski definition) is 1. The fourth-order valence-electron chi connectivity index (χ4n) is 1.26. The maximum Gasteiger partial charge on any atom is 0.354 e. The number of carboxylic acids is 1. The minimum absolute atomic E-state index is 0.00755. The predicted molar refractivity (Wildman–Crippen MR) is 51.6 cm³/mol. The summed E-state index contributed by atoms with van der Waals surface area (Å²) in [5.74, 6) is -1.26. The highest BCUT2D eigenvalue weighted by Gasteiger charge is 2.14. The van der Waals surface area contributed by atoms with Crippen molar-refractivity contribution in [1.82, 2.24) is 9.38 Å². The number of aromatic carboxylic acids is 1. The molecule has 0 fully saturated rings. The topological polar surface area (TPSA) is 54.6 Å². The summed E-state index contributed by atoms with van der Waals surface area (Å²) in [7, 11) is 0. The molecule has 0 aliphatic heterocycles. The van der Waals surface area contributed by atoms with Crippen molar-refractivity contribution in [2.24, 2.45) is 0 Å². The van der Waals surface area contributed by atoms with Crippen molar-refractivity contribution in [2.45, 2.75) is 13.8 Å². The summed E-state index contributed by atoms with van der Waals surface area (Å²) in [6, 6.07) is -0.469. The van der Waals surface area contributed by atoms with Gasteiger partial charge in [-0.2, -0.15) is 0 Å². The Morgan fingerprint density at radius 2 is 2.57 bits per heavy atom. The number of pyridine rings is 1. The zero-order chi connectivity index (χ0) is 13.6. The number of carboxylic acid groups (broad SMARTS) is 1. The number of aromatic nitrogens is 2. The lowest BCUT2D eigenvalue weighted by atomic mass is 10.3. The summed E-state index contributed by atoms with van der Waals surface area (Å²) in [5.41, 5.74) is 0.0575. The molecule has 0 aliphatic rings. The second-order valence-corrected chi connectivity index (χ2v) is 2.85. The standard InChI is InChI=1S/C10H10N2O2/c1-6-3-4-12-8(5-6)11-7(2)9(12)10(13)14/h3-5H,1-2H3,(H,13,14)/i1D,3D,4D,5D. The SMILES string of the molecule is [2H]Cc1c([2H])c([2H])n2c(C(=O)O)c(C)nc2c1[2H]. The highest BCUT2D eigenvalue weighted by Crippen LogP contribution is 2.13. The molecule has 0 atom stereocenters. The average molecular weight is 194 g/mol. The minimum atomic E-state index is -1.26. The molecular weight excluding hydrogens is 180 g/mol. The summed E-state index contributed by atoms with van der Waals surface area (Å²) in [4.78, 5) is 15.1. The first-order chi connectivity index (χ1) is 8.40. The number of hydrogen-bond acceptors (Lipinski definition) is 2. The van der Waals surface area contributed by atoms with Gasteiger partial charge in [-0.1, -0.05) is 0 Å². The third-order valence-electron chi connectivity index (χ3n) is 1.84. The molecular formula is C10H10N2O2. The zero-order valence-corrected chi connectivity index (χ0v) is 7.46. The molecule has 0 saturated carbocycles. The molecule has 0 bridgehead atoms. The molecule has 0 saturated heterocycles. The first-order valence-electron chi connectivity index (χ1n) is 6.11. The van der Waals surface area contributed by atoms with Crippen molar-refractivity contribution >= 4 is 11.6 Å². The van der Waals surface area contributed by atoms with E-state index in [1.165, 1.54) is 6.92 Å². The number of aryl methyl sites for hydroxylation is 1. The van der Waals surface area contributed by atoms with Gasteiger partial charge in [0.1, 0.15) is 5.65 Å². The van der Waals surface area contributed by atoms with Crippen LogP contribution in [0.25, 0.3) is 5.65 Å². The lowest BCUT2D eigenvalue weighted by molar-refractivity contribution is 0.0688. The van der Waals surface area contributed by atoms with E-state index in [2.05, 4.69) is 4.98 Å². The Balaban J connectivity index is 3.03. The first-order valence-corrected chi connectivity index (χ1v) is 3.90. The smallest absolute Gasteiger partial charge is 0.354 e. The third-order valence-corrected chi connectivity index (χ3v) is 1.84. The molecule has 2 heterocycles. The van der Waals surface area contributed by atoms with Gasteiger partial charge >= 0.3 is 5.97 Å². The molecule has 0 aromatic carbocycles. The largest absolute Gasteiger partial charge is 0.477 e. The fraction of sp³-hybridized carbons (Fsp3) is 0.200. The second kappa shape index (κ2) is 2.83. The van der Waals surface area contributed by atoms with Crippen molar-refractivity contribution in [2.75, 3.05) is 0 Å². The van der Waals surface area contributed by atoms with E-state index in [0.29, 0.717) is 0 Å². The maximum atomic E-state index is 11.1. The first kappa shape index (κ1) is 5.14. The van der Waals surface area contributed by atoms with Gasteiger partial charge in [0, 0.05) is 7.54 Å². The van der Waals surface area contributed by atoms with Gasteiger partial charge in [0.15, 0.2) is 5.69 Å². The number of nitrogens with zero attached hydrogens (tertiary/aromatic N) is 2. The lowest BCUT2D eigenvalue weighted by Crippen LogP contribution is -2.03. The van der Waals surface area contributed by atoms with Crippen LogP contribution >= 0.6 is 0 Å². The predicted octanol–water partition coefficient (Wildman–Crippen LogP) is 1.65. The Kier molecular flexibility index (Phi) is 1.04. The van der Waals surface area contributed by atoms with Crippen molar-refractivity contribution in [1.29, 1.82) is 0 Å². The van der Waals surface area contributed by atoms with E-state index in [-0.39, 0.29) is 47.8 Å². The van der Waals surface area contributed by atoms with Crippen molar-refractivity contribution < 1.29 is 15.4 Å². The van der Waals surface area contributed by atoms with Crippen LogP contribution in [0.2, 0.25) is 0 Å². The Labute approximate surface area is 86.4 Å². The van der Waals surface area contributed by atoms with Gasteiger partial charge < -0.3 is 5.11 Å². The normalized spacial score (nSPS) is 14.6.